The Morgan fingerprint density at radius 3 is 2.81 bits per heavy atom. The van der Waals surface area contributed by atoms with Crippen LogP contribution in [-0.2, 0) is 4.74 Å². The number of hydrogen-bond acceptors (Lipinski definition) is 3. The van der Waals surface area contributed by atoms with Crippen molar-refractivity contribution in [1.29, 1.82) is 0 Å². The second-order valence-corrected chi connectivity index (χ2v) is 5.51. The molecule has 2 fully saturated rings. The lowest BCUT2D eigenvalue weighted by Crippen LogP contribution is -2.19. The van der Waals surface area contributed by atoms with Gasteiger partial charge in [0.25, 0.3) is 5.56 Å². The lowest BCUT2D eigenvalue weighted by atomic mass is 10.2. The molecular formula is C11H13IN2O2. The highest BCUT2D eigenvalue weighted by molar-refractivity contribution is 14.1. The zero-order valence-electron chi connectivity index (χ0n) is 8.83. The van der Waals surface area contributed by atoms with Gasteiger partial charge < -0.3 is 9.72 Å². The molecule has 5 heteroatoms. The number of halogens is 1. The maximum Gasteiger partial charge on any atom is 0.264 e. The van der Waals surface area contributed by atoms with Crippen LogP contribution in [0.5, 0.6) is 0 Å². The molecule has 1 atom stereocenters. The summed E-state index contributed by atoms with van der Waals surface area (Å²) < 4.78 is 6.31. The molecule has 1 saturated carbocycles. The van der Waals surface area contributed by atoms with E-state index in [1.807, 2.05) is 0 Å². The van der Waals surface area contributed by atoms with Gasteiger partial charge in [-0.15, -0.1) is 0 Å². The van der Waals surface area contributed by atoms with Crippen molar-refractivity contribution in [3.8, 4) is 0 Å². The summed E-state index contributed by atoms with van der Waals surface area (Å²) in [5.74, 6) is 1.24. The lowest BCUT2D eigenvalue weighted by molar-refractivity contribution is 0.104. The van der Waals surface area contributed by atoms with Crippen LogP contribution in [0.25, 0.3) is 0 Å². The van der Waals surface area contributed by atoms with E-state index < -0.39 is 0 Å². The first-order valence-electron chi connectivity index (χ1n) is 5.67. The number of rotatable bonds is 2. The Morgan fingerprint density at radius 2 is 2.19 bits per heavy atom. The van der Waals surface area contributed by atoms with Crippen molar-refractivity contribution >= 4 is 22.6 Å². The van der Waals surface area contributed by atoms with E-state index in [0.717, 1.165) is 47.4 Å². The molecule has 0 bridgehead atoms. The standard InChI is InChI=1S/C11H13IN2O2/c12-8-9(6-3-4-6)13-10(14-11(8)15)7-2-1-5-16-7/h6-7H,1-5H2,(H,13,14,15). The smallest absolute Gasteiger partial charge is 0.264 e. The van der Waals surface area contributed by atoms with Gasteiger partial charge >= 0.3 is 0 Å². The van der Waals surface area contributed by atoms with Crippen molar-refractivity contribution in [3.05, 3.63) is 25.4 Å². The number of H-pyrrole nitrogens is 1. The van der Waals surface area contributed by atoms with Gasteiger partial charge in [0.1, 0.15) is 11.9 Å². The Labute approximate surface area is 107 Å². The number of ether oxygens (including phenoxy) is 1. The van der Waals surface area contributed by atoms with Crippen LogP contribution in [0.3, 0.4) is 0 Å². The second-order valence-electron chi connectivity index (χ2n) is 4.43. The summed E-state index contributed by atoms with van der Waals surface area (Å²) in [4.78, 5) is 19.2. The Morgan fingerprint density at radius 1 is 1.38 bits per heavy atom. The normalized spacial score (nSPS) is 24.9. The molecule has 0 spiro atoms. The molecule has 1 aromatic rings. The van der Waals surface area contributed by atoms with Gasteiger partial charge in [-0.3, -0.25) is 4.79 Å². The highest BCUT2D eigenvalue weighted by Gasteiger charge is 2.30. The van der Waals surface area contributed by atoms with Crippen LogP contribution in [0.2, 0.25) is 0 Å². The van der Waals surface area contributed by atoms with E-state index in [9.17, 15) is 4.79 Å². The number of aromatic amines is 1. The minimum Gasteiger partial charge on any atom is -0.370 e. The third-order valence-corrected chi connectivity index (χ3v) is 4.15. The minimum atomic E-state index is -0.0111. The molecular weight excluding hydrogens is 319 g/mol. The molecule has 3 rings (SSSR count). The molecule has 1 N–H and O–H groups in total. The lowest BCUT2D eigenvalue weighted by Gasteiger charge is -2.10. The number of hydrogen-bond donors (Lipinski definition) is 1. The van der Waals surface area contributed by atoms with Crippen LogP contribution < -0.4 is 5.56 Å². The fraction of sp³-hybridized carbons (Fsp3) is 0.636. The number of nitrogens with one attached hydrogen (secondary N) is 1. The Balaban J connectivity index is 2.02. The van der Waals surface area contributed by atoms with Crippen LogP contribution in [0.15, 0.2) is 4.79 Å². The van der Waals surface area contributed by atoms with E-state index in [4.69, 9.17) is 4.74 Å². The Kier molecular flexibility index (Phi) is 2.75. The summed E-state index contributed by atoms with van der Waals surface area (Å²) in [6.45, 7) is 0.777. The molecule has 1 aliphatic carbocycles. The average molecular weight is 332 g/mol. The summed E-state index contributed by atoms with van der Waals surface area (Å²) in [5, 5.41) is 0. The van der Waals surface area contributed by atoms with Gasteiger partial charge in [-0.05, 0) is 48.3 Å². The average Bonchev–Trinajstić information content (AvgIpc) is 2.96. The third-order valence-electron chi connectivity index (χ3n) is 3.11. The molecule has 0 radical (unpaired) electrons. The zero-order chi connectivity index (χ0) is 11.1. The van der Waals surface area contributed by atoms with Crippen molar-refractivity contribution in [3.63, 3.8) is 0 Å². The van der Waals surface area contributed by atoms with E-state index in [1.165, 1.54) is 0 Å². The Hall–Kier alpha value is -0.430. The molecule has 16 heavy (non-hydrogen) atoms. The molecule has 2 aliphatic rings. The maximum absolute atomic E-state index is 11.8. The molecule has 1 saturated heterocycles. The first-order chi connectivity index (χ1) is 7.75. The van der Waals surface area contributed by atoms with Crippen LogP contribution in [-0.4, -0.2) is 16.6 Å². The van der Waals surface area contributed by atoms with Crippen LogP contribution >= 0.6 is 22.6 Å². The highest BCUT2D eigenvalue weighted by atomic mass is 127. The highest BCUT2D eigenvalue weighted by Crippen LogP contribution is 2.40. The molecule has 1 aromatic heterocycles. The maximum atomic E-state index is 11.8. The summed E-state index contributed by atoms with van der Waals surface area (Å²) >= 11 is 2.09. The van der Waals surface area contributed by atoms with Crippen molar-refractivity contribution < 1.29 is 4.74 Å². The van der Waals surface area contributed by atoms with Crippen molar-refractivity contribution in [2.45, 2.75) is 37.7 Å². The van der Waals surface area contributed by atoms with Gasteiger partial charge in [0.15, 0.2) is 0 Å². The zero-order valence-corrected chi connectivity index (χ0v) is 11.0. The van der Waals surface area contributed by atoms with Crippen LogP contribution in [0, 0.1) is 3.57 Å². The monoisotopic (exact) mass is 332 g/mol. The van der Waals surface area contributed by atoms with Crippen LogP contribution in [0.4, 0.5) is 0 Å². The quantitative estimate of drug-likeness (QED) is 0.844. The van der Waals surface area contributed by atoms with E-state index >= 15 is 0 Å². The molecule has 0 aromatic carbocycles. The predicted octanol–water partition coefficient (Wildman–Crippen LogP) is 2.10. The fourth-order valence-corrected chi connectivity index (χ4v) is 2.76. The summed E-state index contributed by atoms with van der Waals surface area (Å²) in [7, 11) is 0. The summed E-state index contributed by atoms with van der Waals surface area (Å²) in [6, 6.07) is 0. The van der Waals surface area contributed by atoms with E-state index in [-0.39, 0.29) is 11.7 Å². The first-order valence-corrected chi connectivity index (χ1v) is 6.75. The summed E-state index contributed by atoms with van der Waals surface area (Å²) in [6.07, 6.45) is 4.35. The first kappa shape index (κ1) is 10.7. The second kappa shape index (κ2) is 4.10. The third kappa shape index (κ3) is 1.90. The van der Waals surface area contributed by atoms with E-state index in [1.54, 1.807) is 0 Å². The fourth-order valence-electron chi connectivity index (χ4n) is 2.07. The van der Waals surface area contributed by atoms with Gasteiger partial charge in [-0.25, -0.2) is 4.98 Å². The number of nitrogens with zero attached hydrogens (tertiary/aromatic N) is 1. The largest absolute Gasteiger partial charge is 0.370 e. The van der Waals surface area contributed by atoms with Gasteiger partial charge in [-0.2, -0.15) is 0 Å². The van der Waals surface area contributed by atoms with Gasteiger partial charge in [0.2, 0.25) is 0 Å². The van der Waals surface area contributed by atoms with Crippen molar-refractivity contribution in [2.24, 2.45) is 0 Å². The van der Waals surface area contributed by atoms with Crippen molar-refractivity contribution in [1.82, 2.24) is 9.97 Å². The number of aromatic nitrogens is 2. The molecule has 4 nitrogen and oxygen atoms in total. The molecule has 1 unspecified atom stereocenters. The predicted molar refractivity (Wildman–Crippen MR) is 67.5 cm³/mol. The summed E-state index contributed by atoms with van der Waals surface area (Å²) in [5.41, 5.74) is 0.970. The molecule has 1 aliphatic heterocycles. The van der Waals surface area contributed by atoms with Crippen molar-refractivity contribution in [2.75, 3.05) is 6.61 Å². The topological polar surface area (TPSA) is 55.0 Å². The van der Waals surface area contributed by atoms with Gasteiger partial charge in [-0.1, -0.05) is 0 Å². The molecule has 86 valence electrons. The van der Waals surface area contributed by atoms with E-state index in [2.05, 4.69) is 32.6 Å². The Bertz CT molecular complexity index is 462. The van der Waals surface area contributed by atoms with Gasteiger partial charge in [0.05, 0.1) is 9.26 Å². The SMILES string of the molecule is O=c1[nH]c(C2CCCO2)nc(C2CC2)c1I. The van der Waals surface area contributed by atoms with Crippen LogP contribution in [0.1, 0.15) is 49.2 Å². The minimum absolute atomic E-state index is 0.00204. The molecule has 2 heterocycles. The van der Waals surface area contributed by atoms with E-state index in [0.29, 0.717) is 5.92 Å². The van der Waals surface area contributed by atoms with Gasteiger partial charge in [0, 0.05) is 12.5 Å². The molecule has 0 amide bonds.